The number of allylic oxidation sites excluding steroid dienone is 1. The van der Waals surface area contributed by atoms with Gasteiger partial charge in [-0.25, -0.2) is 0 Å². The highest BCUT2D eigenvalue weighted by Crippen LogP contribution is 2.68. The van der Waals surface area contributed by atoms with Crippen LogP contribution >= 0.6 is 0 Å². The highest BCUT2D eigenvalue weighted by Gasteiger charge is 2.70. The van der Waals surface area contributed by atoms with Gasteiger partial charge in [0.05, 0.1) is 6.10 Å². The fourth-order valence-electron chi connectivity index (χ4n) is 8.17. The lowest BCUT2D eigenvalue weighted by atomic mass is 9.45. The summed E-state index contributed by atoms with van der Waals surface area (Å²) in [4.78, 5) is 50.4. The smallest absolute Gasteiger partial charge is 0.306 e. The third kappa shape index (κ3) is 4.08. The molecule has 0 radical (unpaired) electrons. The van der Waals surface area contributed by atoms with Gasteiger partial charge < -0.3 is 14.6 Å². The lowest BCUT2D eigenvalue weighted by molar-refractivity contribution is -0.203. The highest BCUT2D eigenvalue weighted by atomic mass is 16.6. The van der Waals surface area contributed by atoms with Crippen LogP contribution in [0, 0.1) is 28.6 Å². The number of ketones is 2. The number of aliphatic hydroxyl groups excluding tert-OH is 1. The molecular formula is C28H40O7. The molecule has 0 amide bonds. The summed E-state index contributed by atoms with van der Waals surface area (Å²) >= 11 is 0. The molecule has 1 N–H and O–H groups in total. The number of aliphatic hydroxyl groups is 1. The maximum atomic E-state index is 13.7. The van der Waals surface area contributed by atoms with Crippen LogP contribution in [0.3, 0.4) is 0 Å². The molecule has 0 unspecified atom stereocenters. The number of hydrogen-bond acceptors (Lipinski definition) is 7. The molecular weight excluding hydrogens is 448 g/mol. The Morgan fingerprint density at radius 3 is 2.51 bits per heavy atom. The summed E-state index contributed by atoms with van der Waals surface area (Å²) in [7, 11) is 0. The molecule has 7 atom stereocenters. The van der Waals surface area contributed by atoms with E-state index in [1.807, 2.05) is 13.8 Å². The van der Waals surface area contributed by atoms with Gasteiger partial charge >= 0.3 is 11.9 Å². The van der Waals surface area contributed by atoms with E-state index in [1.165, 1.54) is 0 Å². The topological polar surface area (TPSA) is 107 Å². The van der Waals surface area contributed by atoms with Crippen molar-refractivity contribution in [1.82, 2.24) is 0 Å². The molecule has 0 bridgehead atoms. The molecule has 35 heavy (non-hydrogen) atoms. The van der Waals surface area contributed by atoms with Gasteiger partial charge in [0.1, 0.15) is 0 Å². The van der Waals surface area contributed by atoms with Crippen molar-refractivity contribution in [2.24, 2.45) is 28.6 Å². The van der Waals surface area contributed by atoms with Gasteiger partial charge in [-0.3, -0.25) is 19.2 Å². The van der Waals surface area contributed by atoms with Gasteiger partial charge in [0.25, 0.3) is 0 Å². The molecule has 0 heterocycles. The number of esters is 2. The van der Waals surface area contributed by atoms with Crippen LogP contribution in [-0.2, 0) is 28.7 Å². The second-order valence-electron chi connectivity index (χ2n) is 11.6. The lowest BCUT2D eigenvalue weighted by Gasteiger charge is -2.60. The number of carbonyl (C=O) groups excluding carboxylic acids is 4. The SMILES string of the molecule is CCCC(=O)O[C@]1(C(=O)COC(=O)CC)CC[C@H]2[C@H]3CCC4=CC(=O)CC[C@]4(C)[C@H]3[C@@H](O)C[C@@]21C. The average molecular weight is 489 g/mol. The fraction of sp³-hybridized carbons (Fsp3) is 0.786. The van der Waals surface area contributed by atoms with Crippen molar-refractivity contribution in [3.63, 3.8) is 0 Å². The maximum Gasteiger partial charge on any atom is 0.306 e. The first-order valence-electron chi connectivity index (χ1n) is 13.3. The van der Waals surface area contributed by atoms with Crippen molar-refractivity contribution in [2.75, 3.05) is 6.61 Å². The first-order chi connectivity index (χ1) is 16.5. The number of Topliss-reactive ketones (excluding diaryl/α,β-unsaturated/α-hetero) is 1. The van der Waals surface area contributed by atoms with Crippen LogP contribution in [-0.4, -0.2) is 46.9 Å². The molecule has 3 saturated carbocycles. The van der Waals surface area contributed by atoms with Crippen molar-refractivity contribution in [2.45, 2.75) is 104 Å². The number of carbonyl (C=O) groups is 4. The zero-order chi connectivity index (χ0) is 25.6. The monoisotopic (exact) mass is 488 g/mol. The van der Waals surface area contributed by atoms with Gasteiger partial charge in [0.15, 0.2) is 18.0 Å². The number of fused-ring (bicyclic) bond motifs is 5. The summed E-state index contributed by atoms with van der Waals surface area (Å²) in [6.07, 6.45) is 6.41. The quantitative estimate of drug-likeness (QED) is 0.538. The molecule has 0 aromatic rings. The average Bonchev–Trinajstić information content (AvgIpc) is 3.09. The summed E-state index contributed by atoms with van der Waals surface area (Å²) in [5, 5.41) is 11.6. The molecule has 4 aliphatic rings. The second-order valence-corrected chi connectivity index (χ2v) is 11.6. The number of hydrogen-bond donors (Lipinski definition) is 1. The van der Waals surface area contributed by atoms with Crippen LogP contribution in [0.5, 0.6) is 0 Å². The van der Waals surface area contributed by atoms with Crippen LogP contribution in [0.2, 0.25) is 0 Å². The Balaban J connectivity index is 1.70. The zero-order valence-electron chi connectivity index (χ0n) is 21.6. The maximum absolute atomic E-state index is 13.7. The third-order valence-electron chi connectivity index (χ3n) is 9.86. The van der Waals surface area contributed by atoms with E-state index in [9.17, 15) is 24.3 Å². The first-order valence-corrected chi connectivity index (χ1v) is 13.3. The molecule has 0 spiro atoms. The molecule has 4 rings (SSSR count). The molecule has 7 nitrogen and oxygen atoms in total. The van der Waals surface area contributed by atoms with E-state index in [2.05, 4.69) is 6.92 Å². The fourth-order valence-corrected chi connectivity index (χ4v) is 8.17. The van der Waals surface area contributed by atoms with Crippen LogP contribution < -0.4 is 0 Å². The van der Waals surface area contributed by atoms with E-state index in [1.54, 1.807) is 13.0 Å². The lowest BCUT2D eigenvalue weighted by Crippen LogP contribution is -2.63. The van der Waals surface area contributed by atoms with E-state index in [0.717, 1.165) is 24.8 Å². The van der Waals surface area contributed by atoms with Gasteiger partial charge in [-0.2, -0.15) is 0 Å². The minimum Gasteiger partial charge on any atom is -0.457 e. The Hall–Kier alpha value is -2.02. The van der Waals surface area contributed by atoms with Gasteiger partial charge in [0, 0.05) is 24.7 Å². The van der Waals surface area contributed by atoms with E-state index in [-0.39, 0.29) is 47.6 Å². The highest BCUT2D eigenvalue weighted by molar-refractivity contribution is 5.93. The van der Waals surface area contributed by atoms with Gasteiger partial charge in [-0.15, -0.1) is 0 Å². The third-order valence-corrected chi connectivity index (χ3v) is 9.86. The van der Waals surface area contributed by atoms with Gasteiger partial charge in [-0.1, -0.05) is 33.3 Å². The standard InChI is InChI=1S/C28H40O7/c1-5-7-24(33)35-28(22(31)16-34-23(32)6-2)13-11-20-19-9-8-17-14-18(29)10-12-26(17,3)25(19)21(30)15-27(20,28)4/h14,19-21,25,30H,5-13,15-16H2,1-4H3/t19-,20+,21+,25-,26+,27+,28+/m1/s1. The predicted molar refractivity (Wildman–Crippen MR) is 128 cm³/mol. The first kappa shape index (κ1) is 26.1. The van der Waals surface area contributed by atoms with Crippen molar-refractivity contribution < 1.29 is 33.8 Å². The molecule has 0 aromatic heterocycles. The molecule has 3 fully saturated rings. The summed E-state index contributed by atoms with van der Waals surface area (Å²) in [6, 6.07) is 0. The van der Waals surface area contributed by atoms with E-state index in [0.29, 0.717) is 32.1 Å². The van der Waals surface area contributed by atoms with E-state index < -0.39 is 35.7 Å². The Labute approximate surface area is 208 Å². The van der Waals surface area contributed by atoms with E-state index in [4.69, 9.17) is 9.47 Å². The summed E-state index contributed by atoms with van der Waals surface area (Å²) < 4.78 is 11.3. The number of ether oxygens (including phenoxy) is 2. The minimum absolute atomic E-state index is 0.00356. The van der Waals surface area contributed by atoms with Crippen LogP contribution in [0.15, 0.2) is 11.6 Å². The molecule has 0 saturated heterocycles. The van der Waals surface area contributed by atoms with Crippen LogP contribution in [0.4, 0.5) is 0 Å². The molecule has 0 aromatic carbocycles. The molecule has 194 valence electrons. The Morgan fingerprint density at radius 2 is 1.83 bits per heavy atom. The Bertz CT molecular complexity index is 938. The van der Waals surface area contributed by atoms with Crippen LogP contribution in [0.1, 0.15) is 91.9 Å². The number of rotatable bonds is 7. The zero-order valence-corrected chi connectivity index (χ0v) is 21.6. The normalized spacial score (nSPS) is 40.1. The van der Waals surface area contributed by atoms with Crippen molar-refractivity contribution in [3.8, 4) is 0 Å². The summed E-state index contributed by atoms with van der Waals surface area (Å²) in [6.45, 7) is 7.30. The van der Waals surface area contributed by atoms with Crippen molar-refractivity contribution in [1.29, 1.82) is 0 Å². The van der Waals surface area contributed by atoms with Gasteiger partial charge in [0.2, 0.25) is 5.78 Å². The second kappa shape index (κ2) is 9.45. The predicted octanol–water partition coefficient (Wildman–Crippen LogP) is 4.09. The summed E-state index contributed by atoms with van der Waals surface area (Å²) in [5.41, 5.74) is -1.25. The Morgan fingerprint density at radius 1 is 1.09 bits per heavy atom. The van der Waals surface area contributed by atoms with Gasteiger partial charge in [-0.05, 0) is 74.2 Å². The summed E-state index contributed by atoms with van der Waals surface area (Å²) in [5.74, 6) is -0.852. The largest absolute Gasteiger partial charge is 0.457 e. The molecule has 0 aliphatic heterocycles. The van der Waals surface area contributed by atoms with Crippen molar-refractivity contribution in [3.05, 3.63) is 11.6 Å². The van der Waals surface area contributed by atoms with Crippen molar-refractivity contribution >= 4 is 23.5 Å². The minimum atomic E-state index is -1.41. The molecule has 4 aliphatic carbocycles. The molecule has 7 heteroatoms. The Kier molecular flexibility index (Phi) is 7.04. The van der Waals surface area contributed by atoms with Crippen LogP contribution in [0.25, 0.3) is 0 Å². The van der Waals surface area contributed by atoms with E-state index >= 15 is 0 Å².